The van der Waals surface area contributed by atoms with Gasteiger partial charge in [0, 0.05) is 18.5 Å². The molecule has 0 aliphatic rings. The first-order valence-electron chi connectivity index (χ1n) is 6.51. The zero-order valence-corrected chi connectivity index (χ0v) is 13.4. The van der Waals surface area contributed by atoms with Crippen LogP contribution in [-0.2, 0) is 9.53 Å². The summed E-state index contributed by atoms with van der Waals surface area (Å²) in [5.74, 6) is -0.201. The summed E-state index contributed by atoms with van der Waals surface area (Å²) >= 11 is 7.29. The highest BCUT2D eigenvalue weighted by atomic mass is 35.5. The maximum atomic E-state index is 12.7. The lowest BCUT2D eigenvalue weighted by molar-refractivity contribution is -0.123. The van der Waals surface area contributed by atoms with Gasteiger partial charge >= 0.3 is 0 Å². The van der Waals surface area contributed by atoms with Crippen LogP contribution in [-0.4, -0.2) is 26.2 Å². The van der Waals surface area contributed by atoms with Crippen LogP contribution in [0.2, 0.25) is 4.34 Å². The fourth-order valence-corrected chi connectivity index (χ4v) is 2.88. The normalized spacial score (nSPS) is 12.0. The van der Waals surface area contributed by atoms with Crippen LogP contribution in [0.15, 0.2) is 36.4 Å². The molecule has 4 nitrogen and oxygen atoms in total. The summed E-state index contributed by atoms with van der Waals surface area (Å²) in [4.78, 5) is 12.7. The Labute approximate surface area is 136 Å². The van der Waals surface area contributed by atoms with E-state index in [1.54, 1.807) is 13.2 Å². The molecular formula is C15H15ClFNO3S. The Morgan fingerprint density at radius 1 is 1.32 bits per heavy atom. The lowest BCUT2D eigenvalue weighted by Gasteiger charge is -2.14. The minimum atomic E-state index is -0.352. The van der Waals surface area contributed by atoms with E-state index in [1.165, 1.54) is 35.6 Å². The first kappa shape index (κ1) is 16.7. The lowest BCUT2D eigenvalue weighted by Crippen LogP contribution is -2.32. The van der Waals surface area contributed by atoms with E-state index in [2.05, 4.69) is 5.32 Å². The summed E-state index contributed by atoms with van der Waals surface area (Å²) < 4.78 is 24.0. The molecule has 2 rings (SSSR count). The molecule has 0 saturated carbocycles. The zero-order chi connectivity index (χ0) is 15.9. The summed E-state index contributed by atoms with van der Waals surface area (Å²) in [7, 11) is 1.57. The number of hydrogen-bond donors (Lipinski definition) is 1. The predicted octanol–water partition coefficient (Wildman–Crippen LogP) is 3.42. The summed E-state index contributed by atoms with van der Waals surface area (Å²) in [6, 6.07) is 9.13. The SMILES string of the molecule is COC(CNC(=O)COc1ccc(F)cc1)c1ccc(Cl)s1. The molecule has 1 unspecified atom stereocenters. The Hall–Kier alpha value is -1.63. The fourth-order valence-electron chi connectivity index (χ4n) is 1.74. The van der Waals surface area contributed by atoms with Crippen molar-refractivity contribution < 1.29 is 18.7 Å². The highest BCUT2D eigenvalue weighted by Gasteiger charge is 2.14. The average molecular weight is 344 g/mol. The van der Waals surface area contributed by atoms with Crippen LogP contribution in [0.5, 0.6) is 5.75 Å². The van der Waals surface area contributed by atoms with Crippen molar-refractivity contribution in [3.8, 4) is 5.75 Å². The summed E-state index contributed by atoms with van der Waals surface area (Å²) in [5.41, 5.74) is 0. The topological polar surface area (TPSA) is 47.6 Å². The van der Waals surface area contributed by atoms with Gasteiger partial charge in [0.1, 0.15) is 17.7 Å². The van der Waals surface area contributed by atoms with Gasteiger partial charge in [0.25, 0.3) is 5.91 Å². The first-order valence-corrected chi connectivity index (χ1v) is 7.71. The fraction of sp³-hybridized carbons (Fsp3) is 0.267. The second-order valence-corrected chi connectivity index (χ2v) is 6.16. The maximum Gasteiger partial charge on any atom is 0.258 e. The number of rotatable bonds is 7. The van der Waals surface area contributed by atoms with Crippen LogP contribution in [0.25, 0.3) is 0 Å². The number of methoxy groups -OCH3 is 1. The van der Waals surface area contributed by atoms with E-state index in [-0.39, 0.29) is 24.4 Å². The molecule has 1 aromatic carbocycles. The number of thiophene rings is 1. The third kappa shape index (κ3) is 4.98. The van der Waals surface area contributed by atoms with Crippen molar-refractivity contribution in [2.45, 2.75) is 6.10 Å². The highest BCUT2D eigenvalue weighted by Crippen LogP contribution is 2.28. The minimum Gasteiger partial charge on any atom is -0.484 e. The summed E-state index contributed by atoms with van der Waals surface area (Å²) in [6.45, 7) is 0.173. The molecule has 0 aliphatic carbocycles. The molecule has 0 radical (unpaired) electrons. The monoisotopic (exact) mass is 343 g/mol. The Morgan fingerprint density at radius 2 is 2.05 bits per heavy atom. The molecule has 0 aliphatic heterocycles. The molecular weight excluding hydrogens is 329 g/mol. The molecule has 1 amide bonds. The van der Waals surface area contributed by atoms with Crippen LogP contribution in [0.1, 0.15) is 11.0 Å². The van der Waals surface area contributed by atoms with Crippen molar-refractivity contribution in [1.82, 2.24) is 5.32 Å². The Bertz CT molecular complexity index is 618. The van der Waals surface area contributed by atoms with Gasteiger partial charge in [-0.25, -0.2) is 4.39 Å². The van der Waals surface area contributed by atoms with Crippen molar-refractivity contribution in [3.63, 3.8) is 0 Å². The van der Waals surface area contributed by atoms with Gasteiger partial charge in [0.15, 0.2) is 6.61 Å². The summed E-state index contributed by atoms with van der Waals surface area (Å²) in [5, 5.41) is 2.72. The van der Waals surface area contributed by atoms with Gasteiger partial charge in [0.2, 0.25) is 0 Å². The van der Waals surface area contributed by atoms with Gasteiger partial charge in [-0.05, 0) is 36.4 Å². The van der Waals surface area contributed by atoms with Gasteiger partial charge in [-0.1, -0.05) is 11.6 Å². The van der Waals surface area contributed by atoms with E-state index in [0.717, 1.165) is 4.88 Å². The molecule has 22 heavy (non-hydrogen) atoms. The number of benzene rings is 1. The smallest absolute Gasteiger partial charge is 0.258 e. The third-order valence-electron chi connectivity index (χ3n) is 2.86. The maximum absolute atomic E-state index is 12.7. The van der Waals surface area contributed by atoms with Crippen LogP contribution < -0.4 is 10.1 Å². The number of amides is 1. The molecule has 1 aromatic heterocycles. The number of carbonyl (C=O) groups excluding carboxylic acids is 1. The standard InChI is InChI=1S/C15H15ClFNO3S/c1-20-12(13-6-7-14(16)22-13)8-18-15(19)9-21-11-4-2-10(17)3-5-11/h2-7,12H,8-9H2,1H3,(H,18,19). The Kier molecular flexibility index (Phi) is 6.18. The molecule has 0 bridgehead atoms. The lowest BCUT2D eigenvalue weighted by atomic mass is 10.3. The Morgan fingerprint density at radius 3 is 2.64 bits per heavy atom. The van der Waals surface area contributed by atoms with Gasteiger partial charge in [-0.2, -0.15) is 0 Å². The minimum absolute atomic E-state index is 0.146. The van der Waals surface area contributed by atoms with Crippen LogP contribution in [0.4, 0.5) is 4.39 Å². The van der Waals surface area contributed by atoms with Gasteiger partial charge < -0.3 is 14.8 Å². The molecule has 118 valence electrons. The van der Waals surface area contributed by atoms with Crippen molar-refractivity contribution >= 4 is 28.8 Å². The first-order chi connectivity index (χ1) is 10.6. The van der Waals surface area contributed by atoms with Gasteiger partial charge in [-0.15, -0.1) is 11.3 Å². The van der Waals surface area contributed by atoms with E-state index in [0.29, 0.717) is 16.6 Å². The second kappa shape index (κ2) is 8.12. The van der Waals surface area contributed by atoms with Crippen molar-refractivity contribution in [3.05, 3.63) is 51.4 Å². The van der Waals surface area contributed by atoms with Gasteiger partial charge in [0.05, 0.1) is 4.34 Å². The van der Waals surface area contributed by atoms with E-state index in [9.17, 15) is 9.18 Å². The van der Waals surface area contributed by atoms with Crippen LogP contribution >= 0.6 is 22.9 Å². The molecule has 1 heterocycles. The number of halogens is 2. The summed E-state index contributed by atoms with van der Waals surface area (Å²) in [6.07, 6.45) is -0.257. The number of nitrogens with one attached hydrogen (secondary N) is 1. The molecule has 0 saturated heterocycles. The number of hydrogen-bond acceptors (Lipinski definition) is 4. The molecule has 0 fully saturated rings. The highest BCUT2D eigenvalue weighted by molar-refractivity contribution is 7.16. The zero-order valence-electron chi connectivity index (χ0n) is 11.8. The van der Waals surface area contributed by atoms with E-state index in [4.69, 9.17) is 21.1 Å². The van der Waals surface area contributed by atoms with Crippen molar-refractivity contribution in [2.24, 2.45) is 0 Å². The molecule has 2 aromatic rings. The van der Waals surface area contributed by atoms with Crippen LogP contribution in [0, 0.1) is 5.82 Å². The van der Waals surface area contributed by atoms with E-state index in [1.807, 2.05) is 6.07 Å². The van der Waals surface area contributed by atoms with E-state index < -0.39 is 0 Å². The number of ether oxygens (including phenoxy) is 2. The quantitative estimate of drug-likeness (QED) is 0.838. The van der Waals surface area contributed by atoms with Crippen molar-refractivity contribution in [2.75, 3.05) is 20.3 Å². The van der Waals surface area contributed by atoms with E-state index >= 15 is 0 Å². The molecule has 1 N–H and O–H groups in total. The largest absolute Gasteiger partial charge is 0.484 e. The van der Waals surface area contributed by atoms with Crippen LogP contribution in [0.3, 0.4) is 0 Å². The Balaban J connectivity index is 1.78. The number of carbonyl (C=O) groups is 1. The average Bonchev–Trinajstić information content (AvgIpc) is 2.94. The third-order valence-corrected chi connectivity index (χ3v) is 4.19. The molecule has 0 spiro atoms. The van der Waals surface area contributed by atoms with Crippen molar-refractivity contribution in [1.29, 1.82) is 0 Å². The molecule has 7 heteroatoms. The second-order valence-electron chi connectivity index (χ2n) is 4.41. The van der Waals surface area contributed by atoms with Gasteiger partial charge in [-0.3, -0.25) is 4.79 Å². The molecule has 1 atom stereocenters. The predicted molar refractivity (Wildman–Crippen MR) is 84.0 cm³/mol.